The van der Waals surface area contributed by atoms with Crippen molar-refractivity contribution in [2.45, 2.75) is 18.8 Å². The van der Waals surface area contributed by atoms with Gasteiger partial charge in [0, 0.05) is 13.6 Å². The minimum Gasteiger partial charge on any atom is -0.345 e. The fourth-order valence-corrected chi connectivity index (χ4v) is 2.03. The minimum absolute atomic E-state index is 0.0925. The van der Waals surface area contributed by atoms with Crippen molar-refractivity contribution < 1.29 is 4.79 Å². The van der Waals surface area contributed by atoms with Crippen LogP contribution in [0.3, 0.4) is 0 Å². The van der Waals surface area contributed by atoms with Crippen LogP contribution in [0.4, 0.5) is 0 Å². The van der Waals surface area contributed by atoms with E-state index in [2.05, 4.69) is 0 Å². The van der Waals surface area contributed by atoms with E-state index in [-0.39, 0.29) is 11.8 Å². The number of rotatable bonds is 1. The zero-order chi connectivity index (χ0) is 9.97. The second-order valence-electron chi connectivity index (χ2n) is 3.87. The molecule has 74 valence electrons. The molecule has 1 aromatic carbocycles. The molecule has 0 radical (unpaired) electrons. The third-order valence-corrected chi connectivity index (χ3v) is 2.86. The van der Waals surface area contributed by atoms with Gasteiger partial charge >= 0.3 is 0 Å². The van der Waals surface area contributed by atoms with Gasteiger partial charge < -0.3 is 4.90 Å². The summed E-state index contributed by atoms with van der Waals surface area (Å²) >= 11 is 0. The van der Waals surface area contributed by atoms with Crippen LogP contribution < -0.4 is 0 Å². The summed E-state index contributed by atoms with van der Waals surface area (Å²) < 4.78 is 0. The van der Waals surface area contributed by atoms with E-state index in [4.69, 9.17) is 0 Å². The third-order valence-electron chi connectivity index (χ3n) is 2.86. The molecule has 0 bridgehead atoms. The number of hydrogen-bond donors (Lipinski definition) is 0. The average Bonchev–Trinajstić information content (AvgIpc) is 2.23. The first-order chi connectivity index (χ1) is 6.79. The van der Waals surface area contributed by atoms with Crippen molar-refractivity contribution in [3.63, 3.8) is 0 Å². The summed E-state index contributed by atoms with van der Waals surface area (Å²) in [6.07, 6.45) is 2.11. The number of likely N-dealkylation sites (tertiary alicyclic amines) is 1. The maximum absolute atomic E-state index is 11.9. The Labute approximate surface area is 84.5 Å². The highest BCUT2D eigenvalue weighted by Gasteiger charge is 2.27. The van der Waals surface area contributed by atoms with Crippen LogP contribution in [0.5, 0.6) is 0 Å². The van der Waals surface area contributed by atoms with Crippen molar-refractivity contribution in [2.24, 2.45) is 0 Å². The summed E-state index contributed by atoms with van der Waals surface area (Å²) in [6.45, 7) is 0.905. The zero-order valence-corrected chi connectivity index (χ0v) is 8.44. The molecule has 1 aliphatic heterocycles. The van der Waals surface area contributed by atoms with Gasteiger partial charge in [-0.2, -0.15) is 0 Å². The monoisotopic (exact) mass is 189 g/mol. The number of nitrogens with zero attached hydrogens (tertiary/aromatic N) is 1. The highest BCUT2D eigenvalue weighted by atomic mass is 16.2. The topological polar surface area (TPSA) is 20.3 Å². The first-order valence-electron chi connectivity index (χ1n) is 5.09. The van der Waals surface area contributed by atoms with Crippen molar-refractivity contribution in [1.82, 2.24) is 4.90 Å². The van der Waals surface area contributed by atoms with Crippen LogP contribution in [-0.2, 0) is 4.79 Å². The normalized spacial score (nSPS) is 22.5. The van der Waals surface area contributed by atoms with E-state index in [0.29, 0.717) is 0 Å². The van der Waals surface area contributed by atoms with Crippen molar-refractivity contribution in [2.75, 3.05) is 13.6 Å². The lowest BCUT2D eigenvalue weighted by molar-refractivity contribution is -0.133. The molecule has 0 N–H and O–H groups in total. The van der Waals surface area contributed by atoms with E-state index in [1.807, 2.05) is 42.3 Å². The number of carbonyl (C=O) groups excluding carboxylic acids is 1. The molecular formula is C12H15NO. The van der Waals surface area contributed by atoms with Gasteiger partial charge in [-0.05, 0) is 18.4 Å². The van der Waals surface area contributed by atoms with Crippen molar-refractivity contribution >= 4 is 5.91 Å². The largest absolute Gasteiger partial charge is 0.345 e. The highest BCUT2D eigenvalue weighted by Crippen LogP contribution is 2.26. The molecule has 1 amide bonds. The van der Waals surface area contributed by atoms with Gasteiger partial charge in [-0.15, -0.1) is 0 Å². The third kappa shape index (κ3) is 1.65. The van der Waals surface area contributed by atoms with Gasteiger partial charge in [-0.3, -0.25) is 4.79 Å². The van der Waals surface area contributed by atoms with Gasteiger partial charge in [0.2, 0.25) is 5.91 Å². The second kappa shape index (κ2) is 3.82. The molecule has 0 spiro atoms. The highest BCUT2D eigenvalue weighted by molar-refractivity contribution is 5.84. The van der Waals surface area contributed by atoms with Gasteiger partial charge in [0.15, 0.2) is 0 Å². The Morgan fingerprint density at radius 1 is 1.29 bits per heavy atom. The van der Waals surface area contributed by atoms with Crippen LogP contribution in [-0.4, -0.2) is 24.4 Å². The fourth-order valence-electron chi connectivity index (χ4n) is 2.03. The Bertz CT molecular complexity index is 320. The fraction of sp³-hybridized carbons (Fsp3) is 0.417. The molecule has 0 aromatic heterocycles. The SMILES string of the molecule is CN1CCCC(c2ccccc2)C1=O. The van der Waals surface area contributed by atoms with Crippen LogP contribution in [0, 0.1) is 0 Å². The van der Waals surface area contributed by atoms with E-state index in [1.54, 1.807) is 0 Å². The van der Waals surface area contributed by atoms with Crippen LogP contribution in [0.25, 0.3) is 0 Å². The maximum atomic E-state index is 11.9. The second-order valence-corrected chi connectivity index (χ2v) is 3.87. The van der Waals surface area contributed by atoms with Gasteiger partial charge in [0.05, 0.1) is 5.92 Å². The summed E-state index contributed by atoms with van der Waals surface area (Å²) in [4.78, 5) is 13.7. The first kappa shape index (κ1) is 9.25. The standard InChI is InChI=1S/C12H15NO/c1-13-9-5-8-11(12(13)14)10-6-3-2-4-7-10/h2-4,6-7,11H,5,8-9H2,1H3. The molecule has 1 fully saturated rings. The number of hydrogen-bond acceptors (Lipinski definition) is 1. The summed E-state index contributed by atoms with van der Waals surface area (Å²) in [5.41, 5.74) is 1.16. The number of likely N-dealkylation sites (N-methyl/N-ethyl adjacent to an activating group) is 1. The molecule has 1 aromatic rings. The zero-order valence-electron chi connectivity index (χ0n) is 8.44. The molecule has 0 aliphatic carbocycles. The number of piperidine rings is 1. The number of benzene rings is 1. The first-order valence-corrected chi connectivity index (χ1v) is 5.09. The summed E-state index contributed by atoms with van der Waals surface area (Å²) in [5, 5.41) is 0. The predicted molar refractivity (Wildman–Crippen MR) is 56.1 cm³/mol. The van der Waals surface area contributed by atoms with E-state index in [9.17, 15) is 4.79 Å². The van der Waals surface area contributed by atoms with Gasteiger partial charge in [-0.1, -0.05) is 30.3 Å². The minimum atomic E-state index is 0.0925. The quantitative estimate of drug-likeness (QED) is 0.662. The molecule has 1 atom stereocenters. The molecular weight excluding hydrogens is 174 g/mol. The number of amides is 1. The van der Waals surface area contributed by atoms with E-state index < -0.39 is 0 Å². The Morgan fingerprint density at radius 2 is 2.00 bits per heavy atom. The predicted octanol–water partition coefficient (Wildman–Crippen LogP) is 2.02. The molecule has 1 unspecified atom stereocenters. The Hall–Kier alpha value is -1.31. The summed E-state index contributed by atoms with van der Waals surface area (Å²) in [5.74, 6) is 0.359. The Morgan fingerprint density at radius 3 is 2.71 bits per heavy atom. The van der Waals surface area contributed by atoms with E-state index >= 15 is 0 Å². The van der Waals surface area contributed by atoms with E-state index in [0.717, 1.165) is 24.9 Å². The van der Waals surface area contributed by atoms with Crippen LogP contribution in [0.1, 0.15) is 24.3 Å². The van der Waals surface area contributed by atoms with E-state index in [1.165, 1.54) is 0 Å². The van der Waals surface area contributed by atoms with Crippen molar-refractivity contribution in [3.8, 4) is 0 Å². The van der Waals surface area contributed by atoms with Gasteiger partial charge in [0.1, 0.15) is 0 Å². The average molecular weight is 189 g/mol. The Kier molecular flexibility index (Phi) is 2.53. The number of carbonyl (C=O) groups is 1. The van der Waals surface area contributed by atoms with Crippen molar-refractivity contribution in [3.05, 3.63) is 35.9 Å². The molecule has 2 heteroatoms. The Balaban J connectivity index is 2.22. The lowest BCUT2D eigenvalue weighted by atomic mass is 9.90. The lowest BCUT2D eigenvalue weighted by Gasteiger charge is -2.29. The molecule has 0 saturated carbocycles. The van der Waals surface area contributed by atoms with Gasteiger partial charge in [-0.25, -0.2) is 0 Å². The summed E-state index contributed by atoms with van der Waals surface area (Å²) in [6, 6.07) is 10.1. The van der Waals surface area contributed by atoms with Crippen molar-refractivity contribution in [1.29, 1.82) is 0 Å². The summed E-state index contributed by atoms with van der Waals surface area (Å²) in [7, 11) is 1.89. The molecule has 2 rings (SSSR count). The van der Waals surface area contributed by atoms with Gasteiger partial charge in [0.25, 0.3) is 0 Å². The molecule has 1 heterocycles. The van der Waals surface area contributed by atoms with Crippen LogP contribution in [0.2, 0.25) is 0 Å². The smallest absolute Gasteiger partial charge is 0.229 e. The lowest BCUT2D eigenvalue weighted by Crippen LogP contribution is -2.36. The molecule has 1 aliphatic rings. The molecule has 1 saturated heterocycles. The van der Waals surface area contributed by atoms with Crippen LogP contribution in [0.15, 0.2) is 30.3 Å². The van der Waals surface area contributed by atoms with Crippen LogP contribution >= 0.6 is 0 Å². The molecule has 14 heavy (non-hydrogen) atoms. The maximum Gasteiger partial charge on any atom is 0.229 e. The molecule has 2 nitrogen and oxygen atoms in total.